The van der Waals surface area contributed by atoms with Crippen molar-refractivity contribution in [3.63, 3.8) is 0 Å². The van der Waals surface area contributed by atoms with E-state index in [0.29, 0.717) is 25.0 Å². The van der Waals surface area contributed by atoms with Crippen LogP contribution in [0.15, 0.2) is 72.9 Å². The van der Waals surface area contributed by atoms with E-state index in [2.05, 4.69) is 15.2 Å². The fourth-order valence-electron chi connectivity index (χ4n) is 6.43. The Morgan fingerprint density at radius 1 is 0.978 bits per heavy atom. The van der Waals surface area contributed by atoms with E-state index in [0.717, 1.165) is 85.8 Å². The molecule has 6 rings (SSSR count). The van der Waals surface area contributed by atoms with Crippen LogP contribution in [0.1, 0.15) is 43.6 Å². The molecule has 3 heterocycles. The van der Waals surface area contributed by atoms with Gasteiger partial charge in [0.15, 0.2) is 11.5 Å². The van der Waals surface area contributed by atoms with Crippen LogP contribution in [0, 0.1) is 11.7 Å². The third-order valence-electron chi connectivity index (χ3n) is 8.87. The number of fused-ring (bicyclic) bond motifs is 2. The largest absolute Gasteiger partial charge is 0.493 e. The number of aromatic amines is 1. The molecule has 1 saturated heterocycles. The molecule has 0 spiro atoms. The molecule has 0 amide bonds. The molecular weight excluding hydrogens is 573 g/mol. The lowest BCUT2D eigenvalue weighted by molar-refractivity contribution is 0.107. The van der Waals surface area contributed by atoms with Gasteiger partial charge in [-0.05, 0) is 92.8 Å². The number of piperidine rings is 1. The van der Waals surface area contributed by atoms with Crippen molar-refractivity contribution in [1.82, 2.24) is 15.2 Å². The Bertz CT molecular complexity index is 1500. The van der Waals surface area contributed by atoms with E-state index in [1.54, 1.807) is 12.1 Å². The predicted molar refractivity (Wildman–Crippen MR) is 173 cm³/mol. The Morgan fingerprint density at radius 3 is 2.76 bits per heavy atom. The van der Waals surface area contributed by atoms with E-state index in [9.17, 15) is 9.50 Å². The molecule has 3 aromatic carbocycles. The quantitative estimate of drug-likeness (QED) is 0.131. The molecule has 0 aliphatic carbocycles. The number of nitrogens with zero attached hydrogens (tertiary/aromatic N) is 1. The highest BCUT2D eigenvalue weighted by atomic mass is 19.1. The first kappa shape index (κ1) is 31.2. The van der Waals surface area contributed by atoms with Crippen molar-refractivity contribution < 1.29 is 28.4 Å². The summed E-state index contributed by atoms with van der Waals surface area (Å²) in [5.41, 5.74) is 2.21. The molecule has 2 aliphatic heterocycles. The third-order valence-corrected chi connectivity index (χ3v) is 8.87. The van der Waals surface area contributed by atoms with Crippen LogP contribution in [0.25, 0.3) is 10.9 Å². The molecule has 0 saturated carbocycles. The van der Waals surface area contributed by atoms with E-state index in [1.165, 1.54) is 12.0 Å². The molecule has 0 radical (unpaired) electrons. The van der Waals surface area contributed by atoms with E-state index < -0.39 is 6.10 Å². The summed E-state index contributed by atoms with van der Waals surface area (Å²) in [6.07, 6.45) is 6.91. The molecule has 45 heavy (non-hydrogen) atoms. The third kappa shape index (κ3) is 8.48. The standard InChI is InChI=1S/C36H44FN3O5/c37-28-10-8-26(9-11-28)31-15-19-40(22-27(31)23-42-30-12-13-35-36(20-30)45-25-44-35)18-4-2-1-3-16-38-21-29(41)24-43-34-7-5-6-33-32(34)14-17-39-33/h5-14,17,20,27,29,31,38-39,41H,1-4,15-16,18-19,21-25H2. The van der Waals surface area contributed by atoms with Gasteiger partial charge in [0, 0.05) is 42.2 Å². The first-order chi connectivity index (χ1) is 22.1. The van der Waals surface area contributed by atoms with Gasteiger partial charge < -0.3 is 39.3 Å². The number of aliphatic hydroxyl groups excluding tert-OH is 1. The number of unbranched alkanes of at least 4 members (excludes halogenated alkanes) is 3. The number of likely N-dealkylation sites (tertiary alicyclic amines) is 1. The lowest BCUT2D eigenvalue weighted by Gasteiger charge is -2.39. The Kier molecular flexibility index (Phi) is 10.7. The van der Waals surface area contributed by atoms with Gasteiger partial charge in [0.25, 0.3) is 0 Å². The molecule has 4 aromatic rings. The molecule has 1 fully saturated rings. The van der Waals surface area contributed by atoms with Gasteiger partial charge in [-0.1, -0.05) is 31.0 Å². The highest BCUT2D eigenvalue weighted by Gasteiger charge is 2.31. The van der Waals surface area contributed by atoms with Gasteiger partial charge in [-0.25, -0.2) is 4.39 Å². The number of benzene rings is 3. The van der Waals surface area contributed by atoms with Crippen LogP contribution in [0.4, 0.5) is 4.39 Å². The average Bonchev–Trinajstić information content (AvgIpc) is 3.74. The maximum Gasteiger partial charge on any atom is 0.231 e. The number of rotatable bonds is 16. The van der Waals surface area contributed by atoms with Gasteiger partial charge in [-0.2, -0.15) is 0 Å². The molecule has 2 aliphatic rings. The molecule has 240 valence electrons. The van der Waals surface area contributed by atoms with Crippen LogP contribution in [-0.4, -0.2) is 73.8 Å². The normalized spacial score (nSPS) is 18.7. The van der Waals surface area contributed by atoms with Crippen molar-refractivity contribution in [3.8, 4) is 23.0 Å². The van der Waals surface area contributed by atoms with Crippen molar-refractivity contribution >= 4 is 10.9 Å². The highest BCUT2D eigenvalue weighted by molar-refractivity contribution is 5.85. The molecule has 9 heteroatoms. The zero-order valence-electron chi connectivity index (χ0n) is 25.8. The number of aromatic nitrogens is 1. The number of aliphatic hydroxyl groups is 1. The minimum absolute atomic E-state index is 0.203. The van der Waals surface area contributed by atoms with E-state index in [1.807, 2.05) is 60.8 Å². The van der Waals surface area contributed by atoms with Crippen LogP contribution in [0.2, 0.25) is 0 Å². The van der Waals surface area contributed by atoms with Crippen LogP contribution in [0.5, 0.6) is 23.0 Å². The summed E-state index contributed by atoms with van der Waals surface area (Å²) in [5, 5.41) is 14.7. The zero-order chi connectivity index (χ0) is 30.8. The van der Waals surface area contributed by atoms with Gasteiger partial charge in [0.1, 0.15) is 30.0 Å². The fraction of sp³-hybridized carbons (Fsp3) is 0.444. The predicted octanol–water partition coefficient (Wildman–Crippen LogP) is 6.11. The van der Waals surface area contributed by atoms with Crippen LogP contribution in [0.3, 0.4) is 0 Å². The SMILES string of the molecule is OC(CNCCCCCCN1CCC(c2ccc(F)cc2)C(COc2ccc3c(c2)OCO3)C1)COc1cccc2[nH]ccc12. The Labute approximate surface area is 264 Å². The second kappa shape index (κ2) is 15.5. The fourth-order valence-corrected chi connectivity index (χ4v) is 6.43. The molecule has 3 atom stereocenters. The Morgan fingerprint density at radius 2 is 1.84 bits per heavy atom. The van der Waals surface area contributed by atoms with Gasteiger partial charge in [0.05, 0.1) is 6.61 Å². The monoisotopic (exact) mass is 617 g/mol. The van der Waals surface area contributed by atoms with Crippen molar-refractivity contribution in [2.24, 2.45) is 5.92 Å². The van der Waals surface area contributed by atoms with Crippen molar-refractivity contribution in [1.29, 1.82) is 0 Å². The molecule has 8 nitrogen and oxygen atoms in total. The summed E-state index contributed by atoms with van der Waals surface area (Å²) in [5.74, 6) is 3.44. The van der Waals surface area contributed by atoms with Crippen molar-refractivity contribution in [3.05, 3.63) is 84.3 Å². The smallest absolute Gasteiger partial charge is 0.231 e. The van der Waals surface area contributed by atoms with Crippen LogP contribution in [-0.2, 0) is 0 Å². The molecule has 3 unspecified atom stereocenters. The summed E-state index contributed by atoms with van der Waals surface area (Å²) in [4.78, 5) is 5.73. The lowest BCUT2D eigenvalue weighted by Crippen LogP contribution is -2.42. The minimum atomic E-state index is -0.556. The number of halogens is 1. The van der Waals surface area contributed by atoms with Crippen molar-refractivity contribution in [2.45, 2.75) is 44.1 Å². The first-order valence-corrected chi connectivity index (χ1v) is 16.2. The van der Waals surface area contributed by atoms with E-state index >= 15 is 0 Å². The number of H-pyrrole nitrogens is 1. The lowest BCUT2D eigenvalue weighted by atomic mass is 9.80. The van der Waals surface area contributed by atoms with Crippen LogP contribution < -0.4 is 24.3 Å². The molecule has 1 aromatic heterocycles. The maximum atomic E-state index is 13.6. The molecule has 3 N–H and O–H groups in total. The number of nitrogens with one attached hydrogen (secondary N) is 2. The number of hydrogen-bond donors (Lipinski definition) is 3. The summed E-state index contributed by atoms with van der Waals surface area (Å²) < 4.78 is 36.7. The van der Waals surface area contributed by atoms with Gasteiger partial charge in [-0.3, -0.25) is 0 Å². The second-order valence-electron chi connectivity index (χ2n) is 12.1. The van der Waals surface area contributed by atoms with Crippen LogP contribution >= 0.6 is 0 Å². The van der Waals surface area contributed by atoms with Crippen molar-refractivity contribution in [2.75, 3.05) is 52.7 Å². The maximum absolute atomic E-state index is 13.6. The van der Waals surface area contributed by atoms with Gasteiger partial charge in [-0.15, -0.1) is 0 Å². The summed E-state index contributed by atoms with van der Waals surface area (Å²) in [7, 11) is 0. The van der Waals surface area contributed by atoms with E-state index in [-0.39, 0.29) is 19.2 Å². The number of ether oxygens (including phenoxy) is 4. The minimum Gasteiger partial charge on any atom is -0.493 e. The summed E-state index contributed by atoms with van der Waals surface area (Å²) in [6, 6.07) is 20.6. The first-order valence-electron chi connectivity index (χ1n) is 16.2. The second-order valence-corrected chi connectivity index (χ2v) is 12.1. The zero-order valence-corrected chi connectivity index (χ0v) is 25.8. The topological polar surface area (TPSA) is 88.2 Å². The summed E-state index contributed by atoms with van der Waals surface area (Å²) >= 11 is 0. The van der Waals surface area contributed by atoms with Gasteiger partial charge in [0.2, 0.25) is 6.79 Å². The average molecular weight is 618 g/mol. The van der Waals surface area contributed by atoms with Gasteiger partial charge >= 0.3 is 0 Å². The molecule has 0 bridgehead atoms. The van der Waals surface area contributed by atoms with E-state index in [4.69, 9.17) is 18.9 Å². The summed E-state index contributed by atoms with van der Waals surface area (Å²) in [6.45, 7) is 5.53. The molecular formula is C36H44FN3O5. The number of hydrogen-bond acceptors (Lipinski definition) is 7. The highest BCUT2D eigenvalue weighted by Crippen LogP contribution is 2.37. The Hall–Kier alpha value is -3.79. The Balaban J connectivity index is 0.885.